The van der Waals surface area contributed by atoms with Crippen LogP contribution in [0, 0.1) is 17.8 Å². The summed E-state index contributed by atoms with van der Waals surface area (Å²) < 4.78 is 24.3. The largest absolute Gasteiger partial charge is 0.401 e. The van der Waals surface area contributed by atoms with E-state index in [9.17, 15) is 9.36 Å². The Bertz CT molecular complexity index is 572. The standard InChI is InChI=1S/C18H29O4P/c1-14-10-8-9-11-15(14)16(19)23(20,21-12-17(2,3)4)22-13-18(5,6)7/h8-11H,12-13H2,1-7H3. The number of rotatable bonds is 6. The Labute approximate surface area is 140 Å². The Hall–Kier alpha value is -0.960. The molecule has 0 radical (unpaired) electrons. The topological polar surface area (TPSA) is 52.6 Å². The van der Waals surface area contributed by atoms with E-state index >= 15 is 0 Å². The lowest BCUT2D eigenvalue weighted by atomic mass is 9.99. The fourth-order valence-electron chi connectivity index (χ4n) is 1.67. The van der Waals surface area contributed by atoms with Gasteiger partial charge < -0.3 is 9.05 Å². The van der Waals surface area contributed by atoms with Gasteiger partial charge in [0, 0.05) is 5.56 Å². The first-order valence-electron chi connectivity index (χ1n) is 7.84. The predicted octanol–water partition coefficient (Wildman–Crippen LogP) is 5.45. The Balaban J connectivity index is 3.10. The van der Waals surface area contributed by atoms with Crippen LogP contribution in [0.4, 0.5) is 0 Å². The SMILES string of the molecule is Cc1ccccc1C(=O)P(=O)(OCC(C)(C)C)OCC(C)(C)C. The number of hydrogen-bond donors (Lipinski definition) is 0. The lowest BCUT2D eigenvalue weighted by molar-refractivity contribution is 0.0900. The van der Waals surface area contributed by atoms with Gasteiger partial charge in [0.25, 0.3) is 5.52 Å². The molecule has 4 nitrogen and oxygen atoms in total. The number of aryl methyl sites for hydroxylation is 1. The third-order valence-corrected chi connectivity index (χ3v) is 4.64. The van der Waals surface area contributed by atoms with E-state index in [-0.39, 0.29) is 24.0 Å². The zero-order valence-electron chi connectivity index (χ0n) is 15.3. The van der Waals surface area contributed by atoms with Crippen LogP contribution in [0.25, 0.3) is 0 Å². The predicted molar refractivity (Wildman–Crippen MR) is 93.9 cm³/mol. The van der Waals surface area contributed by atoms with Crippen molar-refractivity contribution < 1.29 is 18.4 Å². The second kappa shape index (κ2) is 7.29. The number of benzene rings is 1. The Morgan fingerprint density at radius 3 is 1.78 bits per heavy atom. The molecule has 0 spiro atoms. The fourth-order valence-corrected chi connectivity index (χ4v) is 3.64. The highest BCUT2D eigenvalue weighted by Gasteiger charge is 2.38. The highest BCUT2D eigenvalue weighted by Crippen LogP contribution is 2.53. The molecule has 0 fully saturated rings. The van der Waals surface area contributed by atoms with Crippen molar-refractivity contribution in [1.29, 1.82) is 0 Å². The van der Waals surface area contributed by atoms with Gasteiger partial charge in [-0.15, -0.1) is 0 Å². The minimum atomic E-state index is -3.89. The van der Waals surface area contributed by atoms with Gasteiger partial charge >= 0.3 is 7.60 Å². The Kier molecular flexibility index (Phi) is 6.37. The second-order valence-electron chi connectivity index (χ2n) is 8.29. The fraction of sp³-hybridized carbons (Fsp3) is 0.611. The van der Waals surface area contributed by atoms with Crippen molar-refractivity contribution in [2.24, 2.45) is 10.8 Å². The first-order chi connectivity index (χ1) is 10.3. The van der Waals surface area contributed by atoms with Crippen LogP contribution in [0.15, 0.2) is 24.3 Å². The average molecular weight is 340 g/mol. The first-order valence-corrected chi connectivity index (χ1v) is 9.38. The van der Waals surface area contributed by atoms with Crippen molar-refractivity contribution in [1.82, 2.24) is 0 Å². The lowest BCUT2D eigenvalue weighted by Crippen LogP contribution is -2.20. The van der Waals surface area contributed by atoms with E-state index in [1.807, 2.05) is 60.6 Å². The Morgan fingerprint density at radius 2 is 1.39 bits per heavy atom. The molecule has 0 saturated carbocycles. The van der Waals surface area contributed by atoms with Gasteiger partial charge in [0.15, 0.2) is 0 Å². The summed E-state index contributed by atoms with van der Waals surface area (Å²) >= 11 is 0. The highest BCUT2D eigenvalue weighted by atomic mass is 31.2. The van der Waals surface area contributed by atoms with Gasteiger partial charge in [-0.25, -0.2) is 0 Å². The van der Waals surface area contributed by atoms with E-state index in [1.54, 1.807) is 12.1 Å². The van der Waals surface area contributed by atoms with Gasteiger partial charge in [0.2, 0.25) is 0 Å². The summed E-state index contributed by atoms with van der Waals surface area (Å²) in [5.41, 5.74) is 0.152. The minimum absolute atomic E-state index is 0.187. The second-order valence-corrected chi connectivity index (χ2v) is 10.2. The summed E-state index contributed by atoms with van der Waals surface area (Å²) in [4.78, 5) is 12.8. The summed E-state index contributed by atoms with van der Waals surface area (Å²) in [6.07, 6.45) is 0. The molecule has 0 aliphatic heterocycles. The number of carbonyl (C=O) groups excluding carboxylic acids is 1. The van der Waals surface area contributed by atoms with Crippen molar-refractivity contribution in [2.45, 2.75) is 48.5 Å². The molecule has 0 aliphatic carbocycles. The maximum Gasteiger partial charge on any atom is 0.401 e. The number of hydrogen-bond acceptors (Lipinski definition) is 4. The van der Waals surface area contributed by atoms with Gasteiger partial charge in [0.05, 0.1) is 13.2 Å². The van der Waals surface area contributed by atoms with Gasteiger partial charge in [-0.1, -0.05) is 65.8 Å². The zero-order chi connectivity index (χ0) is 17.9. The molecular formula is C18H29O4P. The maximum absolute atomic E-state index is 13.2. The van der Waals surface area contributed by atoms with Crippen LogP contribution in [-0.2, 0) is 13.6 Å². The molecule has 130 valence electrons. The summed E-state index contributed by atoms with van der Waals surface area (Å²) in [5, 5.41) is 0. The molecule has 0 aromatic heterocycles. The van der Waals surface area contributed by atoms with Crippen LogP contribution in [0.3, 0.4) is 0 Å². The summed E-state index contributed by atoms with van der Waals surface area (Å²) in [5.74, 6) is 0. The van der Waals surface area contributed by atoms with E-state index in [2.05, 4.69) is 0 Å². The highest BCUT2D eigenvalue weighted by molar-refractivity contribution is 7.72. The van der Waals surface area contributed by atoms with Crippen molar-refractivity contribution >= 4 is 13.1 Å². The quantitative estimate of drug-likeness (QED) is 0.646. The summed E-state index contributed by atoms with van der Waals surface area (Å²) in [7, 11) is -3.89. The van der Waals surface area contributed by atoms with Crippen LogP contribution in [0.1, 0.15) is 57.5 Å². The van der Waals surface area contributed by atoms with E-state index < -0.39 is 13.1 Å². The average Bonchev–Trinajstić information content (AvgIpc) is 2.41. The van der Waals surface area contributed by atoms with Crippen LogP contribution in [-0.4, -0.2) is 18.7 Å². The van der Waals surface area contributed by atoms with Gasteiger partial charge in [-0.3, -0.25) is 9.36 Å². The van der Waals surface area contributed by atoms with E-state index in [4.69, 9.17) is 9.05 Å². The summed E-state index contributed by atoms with van der Waals surface area (Å²) in [6, 6.07) is 7.05. The van der Waals surface area contributed by atoms with Crippen LogP contribution < -0.4 is 0 Å². The van der Waals surface area contributed by atoms with Crippen molar-refractivity contribution in [3.63, 3.8) is 0 Å². The molecule has 0 bridgehead atoms. The molecule has 1 aromatic carbocycles. The molecule has 1 aromatic rings. The molecule has 0 aliphatic rings. The van der Waals surface area contributed by atoms with Crippen LogP contribution in [0.2, 0.25) is 0 Å². The van der Waals surface area contributed by atoms with Crippen LogP contribution >= 0.6 is 7.60 Å². The van der Waals surface area contributed by atoms with E-state index in [0.717, 1.165) is 5.56 Å². The molecule has 0 unspecified atom stereocenters. The zero-order valence-corrected chi connectivity index (χ0v) is 16.2. The Morgan fingerprint density at radius 1 is 0.957 bits per heavy atom. The van der Waals surface area contributed by atoms with E-state index in [0.29, 0.717) is 5.56 Å². The smallest absolute Gasteiger partial charge is 0.302 e. The molecule has 1 rings (SSSR count). The molecule has 0 atom stereocenters. The third-order valence-electron chi connectivity index (χ3n) is 2.96. The summed E-state index contributed by atoms with van der Waals surface area (Å²) in [6.45, 7) is 13.9. The molecular weight excluding hydrogens is 311 g/mol. The lowest BCUT2D eigenvalue weighted by Gasteiger charge is -2.26. The molecule has 0 N–H and O–H groups in total. The molecule has 23 heavy (non-hydrogen) atoms. The number of carbonyl (C=O) groups is 1. The molecule has 0 heterocycles. The molecule has 0 saturated heterocycles. The van der Waals surface area contributed by atoms with Gasteiger partial charge in [-0.2, -0.15) is 0 Å². The third kappa shape index (κ3) is 6.58. The van der Waals surface area contributed by atoms with Gasteiger partial charge in [0.1, 0.15) is 0 Å². The van der Waals surface area contributed by atoms with Gasteiger partial charge in [-0.05, 0) is 23.3 Å². The maximum atomic E-state index is 13.2. The monoisotopic (exact) mass is 340 g/mol. The van der Waals surface area contributed by atoms with Crippen molar-refractivity contribution in [2.75, 3.05) is 13.2 Å². The van der Waals surface area contributed by atoms with Crippen molar-refractivity contribution in [3.05, 3.63) is 35.4 Å². The van der Waals surface area contributed by atoms with E-state index in [1.165, 1.54) is 0 Å². The minimum Gasteiger partial charge on any atom is -0.302 e. The van der Waals surface area contributed by atoms with Crippen LogP contribution in [0.5, 0.6) is 0 Å². The normalized spacial score (nSPS) is 13.2. The first kappa shape index (κ1) is 20.1. The molecule has 5 heteroatoms. The molecule has 0 amide bonds. The van der Waals surface area contributed by atoms with Crippen molar-refractivity contribution in [3.8, 4) is 0 Å².